The van der Waals surface area contributed by atoms with Crippen LogP contribution in [0.15, 0.2) is 25.3 Å². The van der Waals surface area contributed by atoms with Gasteiger partial charge in [0, 0.05) is 36.1 Å². The molecule has 0 bridgehead atoms. The van der Waals surface area contributed by atoms with Gasteiger partial charge in [-0.25, -0.2) is 9.59 Å². The van der Waals surface area contributed by atoms with Crippen molar-refractivity contribution in [1.82, 2.24) is 0 Å². The zero-order valence-corrected chi connectivity index (χ0v) is 34.6. The number of carbonyl (C=O) groups excluding carboxylic acids is 2. The molecule has 0 aromatic rings. The summed E-state index contributed by atoms with van der Waals surface area (Å²) >= 11 is 0. The zero-order valence-electron chi connectivity index (χ0n) is 31.7. The van der Waals surface area contributed by atoms with Crippen LogP contribution in [-0.4, -0.2) is 49.1 Å². The molecular weight excluding hydrogens is 687 g/mol. The average molecular weight is 768 g/mol. The molecule has 4 radical (unpaired) electrons. The van der Waals surface area contributed by atoms with Crippen LogP contribution in [0, 0.1) is 0 Å². The van der Waals surface area contributed by atoms with Gasteiger partial charge in [-0.1, -0.05) is 220 Å². The van der Waals surface area contributed by atoms with Crippen LogP contribution in [0.4, 0.5) is 0 Å². The largest absolute Gasteiger partial charge is 0.463 e. The van der Waals surface area contributed by atoms with Crippen molar-refractivity contribution < 1.29 is 19.1 Å². The van der Waals surface area contributed by atoms with Gasteiger partial charge in [0.15, 0.2) is 0 Å². The van der Waals surface area contributed by atoms with E-state index in [1.54, 1.807) is 0 Å². The SMILES string of the molecule is C=CC(=O)OCCCCCCCCCCCCCCCCCC.C=CC(=O)OCCCCCCCCCCCCCCCCCC.[Sn]. The van der Waals surface area contributed by atoms with Crippen molar-refractivity contribution in [3.63, 3.8) is 0 Å². The van der Waals surface area contributed by atoms with E-state index in [-0.39, 0.29) is 35.8 Å². The molecule has 5 heteroatoms. The third kappa shape index (κ3) is 49.7. The Labute approximate surface area is 311 Å². The number of hydrogen-bond acceptors (Lipinski definition) is 4. The maximum absolute atomic E-state index is 10.8. The van der Waals surface area contributed by atoms with Crippen molar-refractivity contribution in [1.29, 1.82) is 0 Å². The molecule has 0 saturated carbocycles. The minimum absolute atomic E-state index is 0. The molecule has 4 nitrogen and oxygen atoms in total. The van der Waals surface area contributed by atoms with E-state index in [9.17, 15) is 9.59 Å². The van der Waals surface area contributed by atoms with E-state index in [1.807, 2.05) is 0 Å². The predicted molar refractivity (Wildman–Crippen MR) is 207 cm³/mol. The van der Waals surface area contributed by atoms with E-state index < -0.39 is 0 Å². The normalized spacial score (nSPS) is 10.4. The summed E-state index contributed by atoms with van der Waals surface area (Å²) in [5.41, 5.74) is 0. The molecule has 276 valence electrons. The summed E-state index contributed by atoms with van der Waals surface area (Å²) in [5.74, 6) is -0.600. The summed E-state index contributed by atoms with van der Waals surface area (Å²) in [6, 6.07) is 0. The topological polar surface area (TPSA) is 52.6 Å². The number of hydrogen-bond donors (Lipinski definition) is 0. The fourth-order valence-corrected chi connectivity index (χ4v) is 5.76. The maximum atomic E-state index is 10.8. The van der Waals surface area contributed by atoms with Crippen LogP contribution in [0.3, 0.4) is 0 Å². The summed E-state index contributed by atoms with van der Waals surface area (Å²) in [6.45, 7) is 12.4. The van der Waals surface area contributed by atoms with Gasteiger partial charge in [0.2, 0.25) is 0 Å². The number of carbonyl (C=O) groups is 2. The molecule has 0 aliphatic carbocycles. The molecule has 0 aromatic carbocycles. The summed E-state index contributed by atoms with van der Waals surface area (Å²) in [5, 5.41) is 0. The Balaban J connectivity index is -0.000000807. The summed E-state index contributed by atoms with van der Waals surface area (Å²) in [4.78, 5) is 21.7. The standard InChI is InChI=1S/2C21H40O2.Sn/c2*1-3-5-6-7-8-9-10-11-12-13-14-15-16-17-18-19-20-23-21(22)4-2;/h2*4H,2-3,5-20H2,1H3;. The maximum Gasteiger partial charge on any atom is 0.330 e. The first kappa shape index (κ1) is 50.6. The summed E-state index contributed by atoms with van der Waals surface area (Å²) < 4.78 is 9.91. The minimum atomic E-state index is -0.300. The van der Waals surface area contributed by atoms with E-state index in [4.69, 9.17) is 9.47 Å². The second kappa shape index (κ2) is 47.3. The van der Waals surface area contributed by atoms with Crippen LogP contribution in [0.25, 0.3) is 0 Å². The van der Waals surface area contributed by atoms with Crippen LogP contribution in [0.5, 0.6) is 0 Å². The van der Waals surface area contributed by atoms with E-state index >= 15 is 0 Å². The van der Waals surface area contributed by atoms with Gasteiger partial charge in [0.25, 0.3) is 0 Å². The quantitative estimate of drug-likeness (QED) is 0.0276. The molecule has 0 aliphatic rings. The van der Waals surface area contributed by atoms with E-state index in [2.05, 4.69) is 27.0 Å². The molecule has 0 aromatic heterocycles. The summed E-state index contributed by atoms with van der Waals surface area (Å²) in [6.07, 6.45) is 46.0. The number of ether oxygens (including phenoxy) is 2. The Morgan fingerprint density at radius 3 is 0.702 bits per heavy atom. The zero-order chi connectivity index (χ0) is 34.0. The fourth-order valence-electron chi connectivity index (χ4n) is 5.76. The van der Waals surface area contributed by atoms with E-state index in [0.717, 1.165) is 12.8 Å². The molecule has 0 rings (SSSR count). The second-order valence-electron chi connectivity index (χ2n) is 13.3. The molecule has 0 spiro atoms. The first-order chi connectivity index (χ1) is 22.6. The first-order valence-corrected chi connectivity index (χ1v) is 20.2. The van der Waals surface area contributed by atoms with Crippen molar-refractivity contribution in [2.75, 3.05) is 13.2 Å². The molecule has 0 fully saturated rings. The van der Waals surface area contributed by atoms with Gasteiger partial charge in [0.05, 0.1) is 13.2 Å². The van der Waals surface area contributed by atoms with Crippen molar-refractivity contribution in [3.8, 4) is 0 Å². The molecule has 0 amide bonds. The van der Waals surface area contributed by atoms with Gasteiger partial charge in [-0.3, -0.25) is 0 Å². The molecule has 0 heterocycles. The van der Waals surface area contributed by atoms with Gasteiger partial charge < -0.3 is 9.47 Å². The first-order valence-electron chi connectivity index (χ1n) is 20.2. The van der Waals surface area contributed by atoms with Crippen LogP contribution in [0.1, 0.15) is 219 Å². The average Bonchev–Trinajstić information content (AvgIpc) is 3.07. The van der Waals surface area contributed by atoms with Gasteiger partial charge in [-0.2, -0.15) is 0 Å². The molecular formula is C42H80O4Sn. The van der Waals surface area contributed by atoms with Gasteiger partial charge in [0.1, 0.15) is 0 Å². The Morgan fingerprint density at radius 1 is 0.362 bits per heavy atom. The van der Waals surface area contributed by atoms with Crippen molar-refractivity contribution in [2.24, 2.45) is 0 Å². The minimum Gasteiger partial charge on any atom is -0.463 e. The Morgan fingerprint density at radius 2 is 0.532 bits per heavy atom. The molecule has 0 N–H and O–H groups in total. The molecule has 0 saturated heterocycles. The van der Waals surface area contributed by atoms with Crippen molar-refractivity contribution in [3.05, 3.63) is 25.3 Å². The Hall–Kier alpha value is -0.781. The third-order valence-electron chi connectivity index (χ3n) is 8.82. The third-order valence-corrected chi connectivity index (χ3v) is 8.82. The van der Waals surface area contributed by atoms with Crippen molar-refractivity contribution in [2.45, 2.75) is 219 Å². The van der Waals surface area contributed by atoms with Crippen LogP contribution >= 0.6 is 0 Å². The van der Waals surface area contributed by atoms with Gasteiger partial charge >= 0.3 is 11.9 Å². The van der Waals surface area contributed by atoms with Crippen molar-refractivity contribution >= 4 is 35.8 Å². The van der Waals surface area contributed by atoms with Crippen LogP contribution in [-0.2, 0) is 19.1 Å². The molecule has 47 heavy (non-hydrogen) atoms. The monoisotopic (exact) mass is 769 g/mol. The summed E-state index contributed by atoms with van der Waals surface area (Å²) in [7, 11) is 0. The van der Waals surface area contributed by atoms with E-state index in [1.165, 1.54) is 205 Å². The Bertz CT molecular complexity index is 582. The van der Waals surface area contributed by atoms with Gasteiger partial charge in [-0.05, 0) is 12.8 Å². The fraction of sp³-hybridized carbons (Fsp3) is 0.857. The van der Waals surface area contributed by atoms with Crippen LogP contribution in [0.2, 0.25) is 0 Å². The van der Waals surface area contributed by atoms with Crippen LogP contribution < -0.4 is 0 Å². The molecule has 0 aliphatic heterocycles. The van der Waals surface area contributed by atoms with Gasteiger partial charge in [-0.15, -0.1) is 0 Å². The molecule has 0 unspecified atom stereocenters. The van der Waals surface area contributed by atoms with E-state index in [0.29, 0.717) is 13.2 Å². The number of rotatable bonds is 36. The number of esters is 2. The number of unbranched alkanes of at least 4 members (excludes halogenated alkanes) is 30. The smallest absolute Gasteiger partial charge is 0.330 e. The molecule has 0 atom stereocenters. The second-order valence-corrected chi connectivity index (χ2v) is 13.3. The Kier molecular flexibility index (Phi) is 51.0. The predicted octanol–water partition coefficient (Wildman–Crippen LogP) is 13.6.